The summed E-state index contributed by atoms with van der Waals surface area (Å²) in [6.45, 7) is 9.30. The summed E-state index contributed by atoms with van der Waals surface area (Å²) in [7, 11) is 1.74. The fourth-order valence-corrected chi connectivity index (χ4v) is 4.11. The number of hydrogen-bond donors (Lipinski definition) is 2. The fourth-order valence-electron chi connectivity index (χ4n) is 4.11. The quantitative estimate of drug-likeness (QED) is 0.448. The zero-order valence-electron chi connectivity index (χ0n) is 21.8. The molecule has 0 saturated heterocycles. The number of allylic oxidation sites excluding steroid dienone is 4. The molecule has 2 aromatic rings. The third-order valence-electron chi connectivity index (χ3n) is 6.42. The Bertz CT molecular complexity index is 1190. The number of aryl methyl sites for hydroxylation is 2. The van der Waals surface area contributed by atoms with Gasteiger partial charge in [-0.25, -0.2) is 14.5 Å². The van der Waals surface area contributed by atoms with Crippen molar-refractivity contribution in [2.24, 2.45) is 13.0 Å². The standard InChI is InChI=1S/C27H35N5O5/c1-6-7-8-10-17(2)19(4)36-27(35)28-16-23-25(30-31-32(23)5)22-13-14-24(18(3)29-22)37-21-12-9-11-20(15-21)26(33)34/h6-8,10,13-14,19-21H,1,9,11-12,15-16H2,2-5H3,(H,28,35)(H,33,34)/b8-7-,17-10+/t19-,20?,21+/m1/s1. The van der Waals surface area contributed by atoms with Crippen LogP contribution in [0.4, 0.5) is 4.79 Å². The molecule has 1 saturated carbocycles. The number of hydrogen-bond acceptors (Lipinski definition) is 7. The Morgan fingerprint density at radius 1 is 1.32 bits per heavy atom. The van der Waals surface area contributed by atoms with E-state index in [-0.39, 0.29) is 18.6 Å². The van der Waals surface area contributed by atoms with Gasteiger partial charge in [-0.3, -0.25) is 4.79 Å². The number of carbonyl (C=O) groups excluding carboxylic acids is 1. The molecule has 198 valence electrons. The molecule has 37 heavy (non-hydrogen) atoms. The van der Waals surface area contributed by atoms with Crippen molar-refractivity contribution in [3.05, 3.63) is 60.0 Å². The third kappa shape index (κ3) is 7.52. The summed E-state index contributed by atoms with van der Waals surface area (Å²) in [5.74, 6) is -0.523. The van der Waals surface area contributed by atoms with Gasteiger partial charge in [-0.2, -0.15) is 0 Å². The predicted molar refractivity (Wildman–Crippen MR) is 139 cm³/mol. The smallest absolute Gasteiger partial charge is 0.408 e. The zero-order chi connectivity index (χ0) is 26.9. The average Bonchev–Trinajstić information content (AvgIpc) is 3.24. The van der Waals surface area contributed by atoms with Gasteiger partial charge in [0.1, 0.15) is 17.5 Å². The van der Waals surface area contributed by atoms with Gasteiger partial charge in [-0.05, 0) is 64.2 Å². The van der Waals surface area contributed by atoms with Crippen molar-refractivity contribution in [1.82, 2.24) is 25.3 Å². The van der Waals surface area contributed by atoms with Crippen LogP contribution >= 0.6 is 0 Å². The molecule has 1 unspecified atom stereocenters. The number of rotatable bonds is 10. The van der Waals surface area contributed by atoms with Crippen molar-refractivity contribution >= 4 is 12.1 Å². The van der Waals surface area contributed by atoms with E-state index in [2.05, 4.69) is 27.2 Å². The monoisotopic (exact) mass is 509 g/mol. The SMILES string of the molecule is C=C/C=C\C=C(/C)[C@@H](C)OC(=O)NCc1c(-c2ccc(O[C@H]3CCCC(C(=O)O)C3)c(C)n2)nnn1C. The molecule has 0 aromatic carbocycles. The minimum absolute atomic E-state index is 0.151. The Kier molecular flexibility index (Phi) is 9.59. The van der Waals surface area contributed by atoms with Crippen LogP contribution in [0.25, 0.3) is 11.4 Å². The van der Waals surface area contributed by atoms with Crippen molar-refractivity contribution in [3.8, 4) is 17.1 Å². The first-order valence-electron chi connectivity index (χ1n) is 12.4. The molecule has 2 aromatic heterocycles. The van der Waals surface area contributed by atoms with Gasteiger partial charge in [0.25, 0.3) is 0 Å². The van der Waals surface area contributed by atoms with Crippen LogP contribution in [0.1, 0.15) is 50.9 Å². The molecular weight excluding hydrogens is 474 g/mol. The molecule has 1 fully saturated rings. The second-order valence-corrected chi connectivity index (χ2v) is 9.16. The molecule has 0 aliphatic heterocycles. The number of carbonyl (C=O) groups is 2. The Hall–Kier alpha value is -3.95. The Labute approximate surface area is 217 Å². The molecule has 0 radical (unpaired) electrons. The van der Waals surface area contributed by atoms with Crippen LogP contribution < -0.4 is 10.1 Å². The molecule has 1 amide bonds. The summed E-state index contributed by atoms with van der Waals surface area (Å²) in [6.07, 6.45) is 8.89. The summed E-state index contributed by atoms with van der Waals surface area (Å²) < 4.78 is 13.1. The van der Waals surface area contributed by atoms with Gasteiger partial charge in [0.05, 0.1) is 35.6 Å². The highest BCUT2D eigenvalue weighted by Gasteiger charge is 2.28. The van der Waals surface area contributed by atoms with Gasteiger partial charge in [0.15, 0.2) is 0 Å². The summed E-state index contributed by atoms with van der Waals surface area (Å²) >= 11 is 0. The molecule has 0 bridgehead atoms. The minimum Gasteiger partial charge on any atom is -0.489 e. The van der Waals surface area contributed by atoms with E-state index in [9.17, 15) is 14.7 Å². The highest BCUT2D eigenvalue weighted by Crippen LogP contribution is 2.30. The second kappa shape index (κ2) is 12.8. The number of nitrogens with one attached hydrogen (secondary N) is 1. The molecule has 0 spiro atoms. The summed E-state index contributed by atoms with van der Waals surface area (Å²) in [6, 6.07) is 3.61. The van der Waals surface area contributed by atoms with E-state index in [0.717, 1.165) is 18.4 Å². The molecule has 3 atom stereocenters. The number of pyridine rings is 1. The van der Waals surface area contributed by atoms with Gasteiger partial charge in [-0.15, -0.1) is 5.10 Å². The Balaban J connectivity index is 1.64. The third-order valence-corrected chi connectivity index (χ3v) is 6.42. The van der Waals surface area contributed by atoms with E-state index < -0.39 is 18.2 Å². The first-order valence-corrected chi connectivity index (χ1v) is 12.4. The Morgan fingerprint density at radius 2 is 2.11 bits per heavy atom. The van der Waals surface area contributed by atoms with Crippen molar-refractivity contribution in [2.75, 3.05) is 0 Å². The van der Waals surface area contributed by atoms with Crippen LogP contribution in [-0.2, 0) is 23.1 Å². The van der Waals surface area contributed by atoms with Gasteiger partial charge in [0, 0.05) is 7.05 Å². The molecule has 1 aliphatic rings. The number of nitrogens with zero attached hydrogens (tertiary/aromatic N) is 4. The highest BCUT2D eigenvalue weighted by atomic mass is 16.6. The normalized spacial score (nSPS) is 18.9. The van der Waals surface area contributed by atoms with Crippen LogP contribution in [0.5, 0.6) is 5.75 Å². The van der Waals surface area contributed by atoms with Crippen molar-refractivity contribution < 1.29 is 24.2 Å². The fraction of sp³-hybridized carbons (Fsp3) is 0.444. The minimum atomic E-state index is -0.770. The number of carboxylic acids is 1. The van der Waals surface area contributed by atoms with Gasteiger partial charge in [0.2, 0.25) is 0 Å². The highest BCUT2D eigenvalue weighted by molar-refractivity contribution is 5.70. The number of ether oxygens (including phenoxy) is 2. The number of carboxylic acid groups (broad SMARTS) is 1. The average molecular weight is 510 g/mol. The van der Waals surface area contributed by atoms with E-state index in [4.69, 9.17) is 9.47 Å². The van der Waals surface area contributed by atoms with Gasteiger partial charge < -0.3 is 19.9 Å². The van der Waals surface area contributed by atoms with Crippen LogP contribution in [0.2, 0.25) is 0 Å². The summed E-state index contributed by atoms with van der Waals surface area (Å²) in [4.78, 5) is 28.4. The van der Waals surface area contributed by atoms with E-state index in [1.807, 2.05) is 32.1 Å². The lowest BCUT2D eigenvalue weighted by atomic mass is 9.87. The lowest BCUT2D eigenvalue weighted by Crippen LogP contribution is -2.29. The number of alkyl carbamates (subject to hydrolysis) is 1. The topological polar surface area (TPSA) is 128 Å². The lowest BCUT2D eigenvalue weighted by molar-refractivity contribution is -0.143. The van der Waals surface area contributed by atoms with Crippen LogP contribution in [0, 0.1) is 12.8 Å². The van der Waals surface area contributed by atoms with Gasteiger partial charge in [-0.1, -0.05) is 36.1 Å². The first kappa shape index (κ1) is 27.6. The van der Waals surface area contributed by atoms with Gasteiger partial charge >= 0.3 is 12.1 Å². The van der Waals surface area contributed by atoms with E-state index >= 15 is 0 Å². The van der Waals surface area contributed by atoms with E-state index in [1.165, 1.54) is 0 Å². The predicted octanol–water partition coefficient (Wildman–Crippen LogP) is 4.51. The maximum atomic E-state index is 12.4. The largest absolute Gasteiger partial charge is 0.489 e. The molecule has 10 nitrogen and oxygen atoms in total. The Morgan fingerprint density at radius 3 is 2.81 bits per heavy atom. The van der Waals surface area contributed by atoms with Crippen molar-refractivity contribution in [2.45, 2.75) is 65.2 Å². The van der Waals surface area contributed by atoms with E-state index in [0.29, 0.717) is 41.4 Å². The van der Waals surface area contributed by atoms with Crippen molar-refractivity contribution in [1.29, 1.82) is 0 Å². The molecule has 1 aliphatic carbocycles. The molecule has 2 heterocycles. The first-order chi connectivity index (χ1) is 17.7. The van der Waals surface area contributed by atoms with Crippen LogP contribution in [0.3, 0.4) is 0 Å². The molecular formula is C27H35N5O5. The summed E-state index contributed by atoms with van der Waals surface area (Å²) in [5.41, 5.74) is 3.37. The maximum Gasteiger partial charge on any atom is 0.408 e. The van der Waals surface area contributed by atoms with Crippen LogP contribution in [-0.4, -0.2) is 49.4 Å². The lowest BCUT2D eigenvalue weighted by Gasteiger charge is -2.27. The maximum absolute atomic E-state index is 12.4. The van der Waals surface area contributed by atoms with E-state index in [1.54, 1.807) is 36.9 Å². The summed E-state index contributed by atoms with van der Waals surface area (Å²) in [5, 5.41) is 20.4. The second-order valence-electron chi connectivity index (χ2n) is 9.16. The molecule has 2 N–H and O–H groups in total. The molecule has 3 rings (SSSR count). The van der Waals surface area contributed by atoms with Crippen LogP contribution in [0.15, 0.2) is 48.6 Å². The number of aliphatic carboxylic acids is 1. The molecule has 10 heteroatoms. The number of aromatic nitrogens is 4. The zero-order valence-corrected chi connectivity index (χ0v) is 21.8. The van der Waals surface area contributed by atoms with Crippen molar-refractivity contribution in [3.63, 3.8) is 0 Å². The number of amides is 1.